The third-order valence-electron chi connectivity index (χ3n) is 1.78. The van der Waals surface area contributed by atoms with Crippen LogP contribution in [0.5, 0.6) is 0 Å². The summed E-state index contributed by atoms with van der Waals surface area (Å²) in [6.45, 7) is 11.4. The summed E-state index contributed by atoms with van der Waals surface area (Å²) in [5.41, 5.74) is 0. The first kappa shape index (κ1) is 12.3. The summed E-state index contributed by atoms with van der Waals surface area (Å²) in [6.07, 6.45) is 1.30. The molecule has 0 saturated heterocycles. The normalized spacial score (nSPS) is 13.8. The summed E-state index contributed by atoms with van der Waals surface area (Å²) >= 11 is 2.03. The third kappa shape index (κ3) is 8.41. The van der Waals surface area contributed by atoms with Gasteiger partial charge in [-0.25, -0.2) is 0 Å². The smallest absolute Gasteiger partial charge is 0.0144 e. The van der Waals surface area contributed by atoms with Crippen LogP contribution in [0.1, 0.15) is 34.1 Å². The summed E-state index contributed by atoms with van der Waals surface area (Å²) in [7, 11) is 0. The first-order valence-corrected chi connectivity index (χ1v) is 6.04. The standard InChI is InChI=1S/C10H23NS/c1-5-12-10(4)8-11-7-6-9(2)3/h9-11H,5-8H2,1-4H3. The van der Waals surface area contributed by atoms with E-state index in [4.69, 9.17) is 0 Å². The molecule has 0 radical (unpaired) electrons. The van der Waals surface area contributed by atoms with Gasteiger partial charge >= 0.3 is 0 Å². The Balaban J connectivity index is 3.08. The number of rotatable bonds is 7. The molecule has 2 heteroatoms. The van der Waals surface area contributed by atoms with Gasteiger partial charge in [-0.05, 0) is 24.6 Å². The van der Waals surface area contributed by atoms with Gasteiger partial charge in [-0.3, -0.25) is 0 Å². The first-order valence-electron chi connectivity index (χ1n) is 4.99. The predicted octanol–water partition coefficient (Wildman–Crippen LogP) is 2.76. The van der Waals surface area contributed by atoms with Crippen LogP contribution in [-0.2, 0) is 0 Å². The SMILES string of the molecule is CCSC(C)CNCCC(C)C. The van der Waals surface area contributed by atoms with Gasteiger partial charge < -0.3 is 5.32 Å². The second-order valence-corrected chi connectivity index (χ2v) is 5.37. The lowest BCUT2D eigenvalue weighted by Crippen LogP contribution is -2.24. The van der Waals surface area contributed by atoms with Gasteiger partial charge in [0.05, 0.1) is 0 Å². The summed E-state index contributed by atoms with van der Waals surface area (Å²) in [5, 5.41) is 4.25. The van der Waals surface area contributed by atoms with Crippen molar-refractivity contribution in [3.8, 4) is 0 Å². The van der Waals surface area contributed by atoms with Crippen molar-refractivity contribution in [1.29, 1.82) is 0 Å². The third-order valence-corrected chi connectivity index (χ3v) is 2.85. The van der Waals surface area contributed by atoms with Crippen LogP contribution in [0.2, 0.25) is 0 Å². The second-order valence-electron chi connectivity index (χ2n) is 3.65. The molecule has 74 valence electrons. The van der Waals surface area contributed by atoms with Crippen LogP contribution < -0.4 is 5.32 Å². The quantitative estimate of drug-likeness (QED) is 0.618. The van der Waals surface area contributed by atoms with Crippen LogP contribution in [-0.4, -0.2) is 24.1 Å². The summed E-state index contributed by atoms with van der Waals surface area (Å²) in [6, 6.07) is 0. The molecule has 1 unspecified atom stereocenters. The molecule has 0 amide bonds. The lowest BCUT2D eigenvalue weighted by molar-refractivity contribution is 0.539. The van der Waals surface area contributed by atoms with E-state index >= 15 is 0 Å². The van der Waals surface area contributed by atoms with Gasteiger partial charge in [0.2, 0.25) is 0 Å². The summed E-state index contributed by atoms with van der Waals surface area (Å²) < 4.78 is 0. The first-order chi connectivity index (χ1) is 5.66. The van der Waals surface area contributed by atoms with Gasteiger partial charge in [0.15, 0.2) is 0 Å². The molecular weight excluding hydrogens is 166 g/mol. The molecule has 1 nitrogen and oxygen atoms in total. The fraction of sp³-hybridized carbons (Fsp3) is 1.00. The number of hydrogen-bond acceptors (Lipinski definition) is 2. The molecule has 1 N–H and O–H groups in total. The molecule has 0 aromatic rings. The molecular formula is C10H23NS. The molecule has 0 bridgehead atoms. The van der Waals surface area contributed by atoms with E-state index < -0.39 is 0 Å². The maximum atomic E-state index is 3.48. The van der Waals surface area contributed by atoms with Crippen molar-refractivity contribution in [3.63, 3.8) is 0 Å². The highest BCUT2D eigenvalue weighted by Crippen LogP contribution is 2.07. The molecule has 1 atom stereocenters. The fourth-order valence-electron chi connectivity index (χ4n) is 1.04. The highest BCUT2D eigenvalue weighted by atomic mass is 32.2. The Morgan fingerprint density at radius 1 is 1.25 bits per heavy atom. The van der Waals surface area contributed by atoms with Gasteiger partial charge in [-0.2, -0.15) is 11.8 Å². The van der Waals surface area contributed by atoms with Gasteiger partial charge in [0.1, 0.15) is 0 Å². The van der Waals surface area contributed by atoms with E-state index in [9.17, 15) is 0 Å². The van der Waals surface area contributed by atoms with E-state index in [1.54, 1.807) is 0 Å². The van der Waals surface area contributed by atoms with E-state index in [0.717, 1.165) is 17.7 Å². The Bertz CT molecular complexity index is 93.8. The minimum Gasteiger partial charge on any atom is -0.316 e. The van der Waals surface area contributed by atoms with E-state index in [-0.39, 0.29) is 0 Å². The molecule has 0 fully saturated rings. The number of nitrogens with one attached hydrogen (secondary N) is 1. The van der Waals surface area contributed by atoms with Crippen molar-refractivity contribution in [2.24, 2.45) is 5.92 Å². The highest BCUT2D eigenvalue weighted by molar-refractivity contribution is 7.99. The molecule has 0 aliphatic rings. The summed E-state index contributed by atoms with van der Waals surface area (Å²) in [5.74, 6) is 2.05. The molecule has 0 aliphatic heterocycles. The Labute approximate surface area is 81.7 Å². The zero-order valence-corrected chi connectivity index (χ0v) is 9.71. The fourth-order valence-corrected chi connectivity index (χ4v) is 1.84. The van der Waals surface area contributed by atoms with Crippen LogP contribution in [0, 0.1) is 5.92 Å². The van der Waals surface area contributed by atoms with Crippen molar-refractivity contribution in [2.75, 3.05) is 18.8 Å². The second kappa shape index (κ2) is 7.93. The van der Waals surface area contributed by atoms with Crippen LogP contribution >= 0.6 is 11.8 Å². The lowest BCUT2D eigenvalue weighted by atomic mass is 10.1. The Hall–Kier alpha value is 0.310. The highest BCUT2D eigenvalue weighted by Gasteiger charge is 1.99. The maximum absolute atomic E-state index is 3.48. The maximum Gasteiger partial charge on any atom is 0.0144 e. The number of hydrogen-bond donors (Lipinski definition) is 1. The topological polar surface area (TPSA) is 12.0 Å². The zero-order chi connectivity index (χ0) is 9.40. The Kier molecular flexibility index (Phi) is 8.14. The van der Waals surface area contributed by atoms with Crippen molar-refractivity contribution < 1.29 is 0 Å². The molecule has 0 aromatic heterocycles. The Morgan fingerprint density at radius 3 is 2.42 bits per heavy atom. The average molecular weight is 189 g/mol. The lowest BCUT2D eigenvalue weighted by Gasteiger charge is -2.11. The van der Waals surface area contributed by atoms with Gasteiger partial charge in [-0.15, -0.1) is 0 Å². The van der Waals surface area contributed by atoms with Crippen LogP contribution in [0.25, 0.3) is 0 Å². The van der Waals surface area contributed by atoms with Gasteiger partial charge in [0, 0.05) is 11.8 Å². The van der Waals surface area contributed by atoms with E-state index in [2.05, 4.69) is 33.0 Å². The average Bonchev–Trinajstić information content (AvgIpc) is 1.98. The minimum absolute atomic E-state index is 0.766. The van der Waals surface area contributed by atoms with E-state index in [0.29, 0.717) is 0 Å². The van der Waals surface area contributed by atoms with Crippen LogP contribution in [0.3, 0.4) is 0 Å². The van der Waals surface area contributed by atoms with Crippen molar-refractivity contribution in [2.45, 2.75) is 39.4 Å². The molecule has 0 spiro atoms. The monoisotopic (exact) mass is 189 g/mol. The Morgan fingerprint density at radius 2 is 1.92 bits per heavy atom. The molecule has 0 rings (SSSR count). The van der Waals surface area contributed by atoms with Gasteiger partial charge in [-0.1, -0.05) is 27.7 Å². The molecule has 0 aromatic carbocycles. The summed E-state index contributed by atoms with van der Waals surface area (Å²) in [4.78, 5) is 0. The van der Waals surface area contributed by atoms with Gasteiger partial charge in [0.25, 0.3) is 0 Å². The molecule has 0 heterocycles. The van der Waals surface area contributed by atoms with Crippen LogP contribution in [0.15, 0.2) is 0 Å². The molecule has 0 aliphatic carbocycles. The van der Waals surface area contributed by atoms with Crippen LogP contribution in [0.4, 0.5) is 0 Å². The zero-order valence-electron chi connectivity index (χ0n) is 8.89. The number of thioether (sulfide) groups is 1. The van der Waals surface area contributed by atoms with E-state index in [1.165, 1.54) is 18.7 Å². The predicted molar refractivity (Wildman–Crippen MR) is 59.9 cm³/mol. The van der Waals surface area contributed by atoms with Crippen molar-refractivity contribution in [1.82, 2.24) is 5.32 Å². The van der Waals surface area contributed by atoms with Crippen molar-refractivity contribution >= 4 is 11.8 Å². The van der Waals surface area contributed by atoms with Crippen molar-refractivity contribution in [3.05, 3.63) is 0 Å². The molecule has 12 heavy (non-hydrogen) atoms. The molecule has 0 saturated carbocycles. The largest absolute Gasteiger partial charge is 0.316 e. The van der Waals surface area contributed by atoms with E-state index in [1.807, 2.05) is 11.8 Å². The minimum atomic E-state index is 0.766.